The van der Waals surface area contributed by atoms with Crippen molar-refractivity contribution in [2.45, 2.75) is 31.5 Å². The lowest BCUT2D eigenvalue weighted by Crippen LogP contribution is -2.51. The number of hydrogen-bond donors (Lipinski definition) is 3. The molecule has 1 saturated carbocycles. The average molecular weight is 235 g/mol. The van der Waals surface area contributed by atoms with E-state index in [1.165, 1.54) is 0 Å². The second kappa shape index (κ2) is 4.37. The van der Waals surface area contributed by atoms with Crippen LogP contribution in [0.25, 0.3) is 0 Å². The zero-order valence-electron chi connectivity index (χ0n) is 9.65. The summed E-state index contributed by atoms with van der Waals surface area (Å²) >= 11 is 0. The van der Waals surface area contributed by atoms with E-state index >= 15 is 0 Å². The molecule has 2 fully saturated rings. The van der Waals surface area contributed by atoms with Gasteiger partial charge in [0.25, 0.3) is 0 Å². The highest BCUT2D eigenvalue weighted by molar-refractivity contribution is 5.76. The highest BCUT2D eigenvalue weighted by Gasteiger charge is 2.23. The molecule has 3 rings (SSSR count). The number of carbonyl (C=O) groups excluding carboxylic acids is 1. The van der Waals surface area contributed by atoms with Gasteiger partial charge in [0, 0.05) is 25.3 Å². The van der Waals surface area contributed by atoms with E-state index in [4.69, 9.17) is 0 Å². The van der Waals surface area contributed by atoms with Crippen LogP contribution in [0.15, 0.2) is 12.4 Å². The Bertz CT molecular complexity index is 408. The first kappa shape index (κ1) is 10.6. The smallest absolute Gasteiger partial charge is 0.241 e. The van der Waals surface area contributed by atoms with Crippen molar-refractivity contribution in [1.82, 2.24) is 20.4 Å². The molecule has 1 saturated heterocycles. The van der Waals surface area contributed by atoms with Crippen molar-refractivity contribution in [2.75, 3.05) is 18.4 Å². The lowest BCUT2D eigenvalue weighted by molar-refractivity contribution is -0.122. The monoisotopic (exact) mass is 235 g/mol. The van der Waals surface area contributed by atoms with E-state index in [2.05, 4.69) is 21.0 Å². The maximum absolute atomic E-state index is 11.6. The van der Waals surface area contributed by atoms with E-state index in [1.807, 2.05) is 6.20 Å². The third-order valence-corrected chi connectivity index (χ3v) is 3.03. The van der Waals surface area contributed by atoms with Gasteiger partial charge in [-0.15, -0.1) is 0 Å². The van der Waals surface area contributed by atoms with E-state index < -0.39 is 0 Å². The molecule has 6 nitrogen and oxygen atoms in total. The Balaban J connectivity index is 1.50. The van der Waals surface area contributed by atoms with Crippen LogP contribution in [0.3, 0.4) is 0 Å². The zero-order chi connectivity index (χ0) is 11.7. The number of nitrogens with one attached hydrogen (secondary N) is 3. The molecule has 0 bridgehead atoms. The Hall–Kier alpha value is -1.56. The van der Waals surface area contributed by atoms with Crippen molar-refractivity contribution in [1.29, 1.82) is 0 Å². The van der Waals surface area contributed by atoms with Crippen LogP contribution in [0.5, 0.6) is 0 Å². The Morgan fingerprint density at radius 1 is 1.47 bits per heavy atom. The summed E-state index contributed by atoms with van der Waals surface area (Å²) in [5, 5.41) is 13.7. The first-order chi connectivity index (χ1) is 8.29. The summed E-state index contributed by atoms with van der Waals surface area (Å²) in [5.41, 5.74) is 0.982. The summed E-state index contributed by atoms with van der Waals surface area (Å²) in [6.07, 6.45) is 5.88. The van der Waals surface area contributed by atoms with Gasteiger partial charge in [-0.25, -0.2) is 0 Å². The van der Waals surface area contributed by atoms with Crippen LogP contribution in [0.4, 0.5) is 5.69 Å². The number of carbonyl (C=O) groups is 1. The highest BCUT2D eigenvalue weighted by atomic mass is 16.2. The molecule has 6 heteroatoms. The van der Waals surface area contributed by atoms with Crippen LogP contribution in [-0.4, -0.2) is 40.9 Å². The Labute approximate surface area is 99.8 Å². The lowest BCUT2D eigenvalue weighted by atomic mass is 10.2. The molecule has 17 heavy (non-hydrogen) atoms. The molecule has 0 radical (unpaired) electrons. The van der Waals surface area contributed by atoms with Crippen molar-refractivity contribution in [2.24, 2.45) is 0 Å². The number of hydrogen-bond acceptors (Lipinski definition) is 4. The summed E-state index contributed by atoms with van der Waals surface area (Å²) in [4.78, 5) is 11.6. The van der Waals surface area contributed by atoms with Gasteiger partial charge in [0.05, 0.1) is 17.9 Å². The summed E-state index contributed by atoms with van der Waals surface area (Å²) in [5.74, 6) is 0.0486. The molecule has 92 valence electrons. The third kappa shape index (κ3) is 2.76. The van der Waals surface area contributed by atoms with Gasteiger partial charge in [0.1, 0.15) is 6.54 Å². The van der Waals surface area contributed by atoms with E-state index in [0.717, 1.165) is 31.6 Å². The Morgan fingerprint density at radius 2 is 2.29 bits per heavy atom. The fourth-order valence-electron chi connectivity index (χ4n) is 1.80. The molecule has 1 aromatic heterocycles. The van der Waals surface area contributed by atoms with Crippen molar-refractivity contribution in [3.8, 4) is 0 Å². The molecule has 1 amide bonds. The minimum atomic E-state index is 0.0486. The summed E-state index contributed by atoms with van der Waals surface area (Å²) in [6, 6.07) is 0.907. The van der Waals surface area contributed by atoms with Crippen LogP contribution >= 0.6 is 0 Å². The van der Waals surface area contributed by atoms with Gasteiger partial charge in [-0.3, -0.25) is 9.48 Å². The summed E-state index contributed by atoms with van der Waals surface area (Å²) in [6.45, 7) is 2.29. The molecule has 2 aliphatic rings. The van der Waals surface area contributed by atoms with Crippen LogP contribution in [0, 0.1) is 0 Å². The van der Waals surface area contributed by atoms with Crippen LogP contribution in [0.1, 0.15) is 12.8 Å². The standard InChI is InChI=1S/C11H17N5O/c17-11(15-8-1-2-8)7-16-6-10(5-13-16)14-9-3-12-4-9/h5-6,8-9,12,14H,1-4,7H2,(H,15,17). The van der Waals surface area contributed by atoms with E-state index in [-0.39, 0.29) is 5.91 Å². The largest absolute Gasteiger partial charge is 0.377 e. The fraction of sp³-hybridized carbons (Fsp3) is 0.636. The highest BCUT2D eigenvalue weighted by Crippen LogP contribution is 2.18. The van der Waals surface area contributed by atoms with Crippen molar-refractivity contribution in [3.05, 3.63) is 12.4 Å². The molecule has 0 spiro atoms. The molecule has 1 aliphatic heterocycles. The maximum Gasteiger partial charge on any atom is 0.241 e. The summed E-state index contributed by atoms with van der Waals surface area (Å²) in [7, 11) is 0. The van der Waals surface area contributed by atoms with Gasteiger partial charge < -0.3 is 16.0 Å². The van der Waals surface area contributed by atoms with Crippen molar-refractivity contribution < 1.29 is 4.79 Å². The van der Waals surface area contributed by atoms with E-state index in [9.17, 15) is 4.79 Å². The number of aromatic nitrogens is 2. The molecule has 0 atom stereocenters. The Kier molecular flexibility index (Phi) is 2.72. The van der Waals surface area contributed by atoms with Gasteiger partial charge in [0.15, 0.2) is 0 Å². The molecular formula is C11H17N5O. The normalized spacial score (nSPS) is 19.8. The number of anilines is 1. The average Bonchev–Trinajstić information content (AvgIpc) is 2.92. The number of rotatable bonds is 5. The minimum Gasteiger partial charge on any atom is -0.377 e. The van der Waals surface area contributed by atoms with Crippen LogP contribution in [-0.2, 0) is 11.3 Å². The van der Waals surface area contributed by atoms with Gasteiger partial charge in [-0.1, -0.05) is 0 Å². The predicted molar refractivity (Wildman–Crippen MR) is 63.7 cm³/mol. The van der Waals surface area contributed by atoms with Crippen LogP contribution < -0.4 is 16.0 Å². The molecule has 1 aromatic rings. The SMILES string of the molecule is O=C(Cn1cc(NC2CNC2)cn1)NC1CC1. The second-order valence-electron chi connectivity index (χ2n) is 4.77. The first-order valence-electron chi connectivity index (χ1n) is 6.09. The quantitative estimate of drug-likeness (QED) is 0.646. The van der Waals surface area contributed by atoms with Gasteiger partial charge in [-0.05, 0) is 12.8 Å². The molecule has 3 N–H and O–H groups in total. The van der Waals surface area contributed by atoms with E-state index in [0.29, 0.717) is 18.6 Å². The zero-order valence-corrected chi connectivity index (χ0v) is 9.65. The topological polar surface area (TPSA) is 71.0 Å². The number of nitrogens with zero attached hydrogens (tertiary/aromatic N) is 2. The van der Waals surface area contributed by atoms with Crippen molar-refractivity contribution >= 4 is 11.6 Å². The second-order valence-corrected chi connectivity index (χ2v) is 4.77. The first-order valence-corrected chi connectivity index (χ1v) is 6.09. The van der Waals surface area contributed by atoms with Crippen LogP contribution in [0.2, 0.25) is 0 Å². The number of amides is 1. The van der Waals surface area contributed by atoms with Gasteiger partial charge in [-0.2, -0.15) is 5.10 Å². The maximum atomic E-state index is 11.6. The molecule has 2 heterocycles. The molecule has 0 unspecified atom stereocenters. The molecule has 1 aliphatic carbocycles. The van der Waals surface area contributed by atoms with Gasteiger partial charge >= 0.3 is 0 Å². The Morgan fingerprint density at radius 3 is 2.94 bits per heavy atom. The third-order valence-electron chi connectivity index (χ3n) is 3.03. The summed E-state index contributed by atoms with van der Waals surface area (Å²) < 4.78 is 1.67. The lowest BCUT2D eigenvalue weighted by Gasteiger charge is -2.28. The van der Waals surface area contributed by atoms with Crippen molar-refractivity contribution in [3.63, 3.8) is 0 Å². The molecular weight excluding hydrogens is 218 g/mol. The fourth-order valence-corrected chi connectivity index (χ4v) is 1.80. The predicted octanol–water partition coefficient (Wildman–Crippen LogP) is -0.455. The van der Waals surface area contributed by atoms with Gasteiger partial charge in [0.2, 0.25) is 5.91 Å². The molecule has 0 aromatic carbocycles. The minimum absolute atomic E-state index is 0.0486. The van der Waals surface area contributed by atoms with E-state index in [1.54, 1.807) is 10.9 Å².